The van der Waals surface area contributed by atoms with Crippen molar-refractivity contribution in [3.05, 3.63) is 35.4 Å². The van der Waals surface area contributed by atoms with Gasteiger partial charge in [-0.1, -0.05) is 37.6 Å². The second-order valence-corrected chi connectivity index (χ2v) is 4.80. The summed E-state index contributed by atoms with van der Waals surface area (Å²) >= 11 is 0. The molecule has 0 spiro atoms. The molecule has 4 nitrogen and oxygen atoms in total. The van der Waals surface area contributed by atoms with Crippen molar-refractivity contribution >= 4 is 6.03 Å². The number of benzene rings is 1. The Morgan fingerprint density at radius 1 is 1.44 bits per heavy atom. The predicted molar refractivity (Wildman–Crippen MR) is 72.3 cm³/mol. The highest BCUT2D eigenvalue weighted by atomic mass is 16.2. The lowest BCUT2D eigenvalue weighted by molar-refractivity contribution is 0.235. The van der Waals surface area contributed by atoms with E-state index in [1.165, 1.54) is 5.56 Å². The van der Waals surface area contributed by atoms with Crippen LogP contribution in [0.25, 0.3) is 0 Å². The standard InChI is InChI=1S/C14H21N3O/c1-2-3-8-16-14(18)17-13-11-7-5-4-6-10(11)9-12(13)15/h4-7,12-13H,2-3,8-9,15H2,1H3,(H2,16,17,18). The molecule has 0 heterocycles. The quantitative estimate of drug-likeness (QED) is 0.709. The minimum atomic E-state index is -0.124. The second kappa shape index (κ2) is 5.87. The Kier molecular flexibility index (Phi) is 4.20. The zero-order valence-corrected chi connectivity index (χ0v) is 10.8. The fraction of sp³-hybridized carbons (Fsp3) is 0.500. The Balaban J connectivity index is 1.95. The number of hydrogen-bond acceptors (Lipinski definition) is 2. The molecule has 0 radical (unpaired) electrons. The summed E-state index contributed by atoms with van der Waals surface area (Å²) in [6.07, 6.45) is 2.91. The van der Waals surface area contributed by atoms with Gasteiger partial charge in [-0.25, -0.2) is 4.79 Å². The zero-order valence-electron chi connectivity index (χ0n) is 10.8. The van der Waals surface area contributed by atoms with Gasteiger partial charge in [-0.05, 0) is 24.0 Å². The van der Waals surface area contributed by atoms with Crippen molar-refractivity contribution in [3.63, 3.8) is 0 Å². The Bertz CT molecular complexity index is 419. The predicted octanol–water partition coefficient (Wildman–Crippen LogP) is 1.71. The second-order valence-electron chi connectivity index (χ2n) is 4.80. The molecule has 4 heteroatoms. The molecule has 0 saturated carbocycles. The highest BCUT2D eigenvalue weighted by Crippen LogP contribution is 2.29. The van der Waals surface area contributed by atoms with E-state index in [9.17, 15) is 4.79 Å². The first kappa shape index (κ1) is 12.9. The third kappa shape index (κ3) is 2.82. The van der Waals surface area contributed by atoms with Crippen LogP contribution in [0.1, 0.15) is 36.9 Å². The lowest BCUT2D eigenvalue weighted by Gasteiger charge is -2.19. The third-order valence-electron chi connectivity index (χ3n) is 3.38. The lowest BCUT2D eigenvalue weighted by atomic mass is 10.1. The largest absolute Gasteiger partial charge is 0.338 e. The minimum absolute atomic E-state index is 0.0284. The summed E-state index contributed by atoms with van der Waals surface area (Å²) in [4.78, 5) is 11.8. The van der Waals surface area contributed by atoms with E-state index < -0.39 is 0 Å². The summed E-state index contributed by atoms with van der Waals surface area (Å²) in [5, 5.41) is 5.82. The smallest absolute Gasteiger partial charge is 0.315 e. The molecule has 1 aromatic rings. The van der Waals surface area contributed by atoms with Crippen molar-refractivity contribution < 1.29 is 4.79 Å². The molecule has 18 heavy (non-hydrogen) atoms. The molecule has 2 atom stereocenters. The number of urea groups is 1. The van der Waals surface area contributed by atoms with Crippen molar-refractivity contribution in [3.8, 4) is 0 Å². The molecular formula is C14H21N3O. The molecule has 0 saturated heterocycles. The minimum Gasteiger partial charge on any atom is -0.338 e. The first-order valence-electron chi connectivity index (χ1n) is 6.60. The average Bonchev–Trinajstić information content (AvgIpc) is 2.67. The van der Waals surface area contributed by atoms with E-state index in [1.54, 1.807) is 0 Å². The van der Waals surface area contributed by atoms with Crippen LogP contribution in [0, 0.1) is 0 Å². The SMILES string of the molecule is CCCCNC(=O)NC1c2ccccc2CC1N. The maximum Gasteiger partial charge on any atom is 0.315 e. The van der Waals surface area contributed by atoms with Gasteiger partial charge in [0.1, 0.15) is 0 Å². The molecule has 98 valence electrons. The average molecular weight is 247 g/mol. The maximum atomic E-state index is 11.8. The van der Waals surface area contributed by atoms with Gasteiger partial charge in [0.15, 0.2) is 0 Å². The van der Waals surface area contributed by atoms with E-state index >= 15 is 0 Å². The summed E-state index contributed by atoms with van der Waals surface area (Å²) in [5.74, 6) is 0. The van der Waals surface area contributed by atoms with Gasteiger partial charge in [-0.3, -0.25) is 0 Å². The molecule has 2 amide bonds. The number of amides is 2. The highest BCUT2D eigenvalue weighted by Gasteiger charge is 2.30. The number of nitrogens with two attached hydrogens (primary N) is 1. The van der Waals surface area contributed by atoms with E-state index in [0.29, 0.717) is 6.54 Å². The first-order chi connectivity index (χ1) is 8.72. The summed E-state index contributed by atoms with van der Waals surface area (Å²) in [6, 6.07) is 7.89. The normalized spacial score (nSPS) is 21.4. The molecule has 1 aliphatic rings. The summed E-state index contributed by atoms with van der Waals surface area (Å²) in [7, 11) is 0. The van der Waals surface area contributed by atoms with Gasteiger partial charge < -0.3 is 16.4 Å². The van der Waals surface area contributed by atoms with E-state index in [4.69, 9.17) is 5.73 Å². The van der Waals surface area contributed by atoms with Gasteiger partial charge in [0, 0.05) is 12.6 Å². The Morgan fingerprint density at radius 2 is 2.22 bits per heavy atom. The number of fused-ring (bicyclic) bond motifs is 1. The highest BCUT2D eigenvalue weighted by molar-refractivity contribution is 5.74. The number of nitrogens with one attached hydrogen (secondary N) is 2. The molecule has 2 unspecified atom stereocenters. The van der Waals surface area contributed by atoms with Crippen LogP contribution in [-0.2, 0) is 6.42 Å². The van der Waals surface area contributed by atoms with Crippen molar-refractivity contribution in [2.75, 3.05) is 6.54 Å². The number of carbonyl (C=O) groups excluding carboxylic acids is 1. The maximum absolute atomic E-state index is 11.8. The van der Waals surface area contributed by atoms with Crippen LogP contribution in [0.2, 0.25) is 0 Å². The lowest BCUT2D eigenvalue weighted by Crippen LogP contribution is -2.43. The molecular weight excluding hydrogens is 226 g/mol. The number of hydrogen-bond donors (Lipinski definition) is 3. The molecule has 2 rings (SSSR count). The van der Waals surface area contributed by atoms with Crippen LogP contribution < -0.4 is 16.4 Å². The number of rotatable bonds is 4. The third-order valence-corrected chi connectivity index (χ3v) is 3.38. The van der Waals surface area contributed by atoms with Crippen LogP contribution in [0.4, 0.5) is 4.79 Å². The fourth-order valence-corrected chi connectivity index (χ4v) is 2.38. The van der Waals surface area contributed by atoms with Crippen LogP contribution in [-0.4, -0.2) is 18.6 Å². The van der Waals surface area contributed by atoms with Crippen molar-refractivity contribution in [2.45, 2.75) is 38.3 Å². The topological polar surface area (TPSA) is 67.2 Å². The van der Waals surface area contributed by atoms with Gasteiger partial charge in [0.2, 0.25) is 0 Å². The van der Waals surface area contributed by atoms with Crippen LogP contribution in [0.15, 0.2) is 24.3 Å². The number of carbonyl (C=O) groups is 1. The molecule has 4 N–H and O–H groups in total. The summed E-state index contributed by atoms with van der Waals surface area (Å²) in [6.45, 7) is 2.81. The number of unbranched alkanes of at least 4 members (excludes halogenated alkanes) is 1. The summed E-state index contributed by atoms with van der Waals surface area (Å²) in [5.41, 5.74) is 8.48. The van der Waals surface area contributed by atoms with Crippen molar-refractivity contribution in [1.29, 1.82) is 0 Å². The molecule has 1 aromatic carbocycles. The van der Waals surface area contributed by atoms with E-state index in [1.807, 2.05) is 18.2 Å². The Labute approximate surface area is 108 Å². The van der Waals surface area contributed by atoms with Gasteiger partial charge in [-0.2, -0.15) is 0 Å². The van der Waals surface area contributed by atoms with Gasteiger partial charge in [-0.15, -0.1) is 0 Å². The van der Waals surface area contributed by atoms with E-state index in [2.05, 4.69) is 23.6 Å². The van der Waals surface area contributed by atoms with Crippen molar-refractivity contribution in [2.24, 2.45) is 5.73 Å². The zero-order chi connectivity index (χ0) is 13.0. The molecule has 0 bridgehead atoms. The van der Waals surface area contributed by atoms with Gasteiger partial charge in [0.25, 0.3) is 0 Å². The van der Waals surface area contributed by atoms with Gasteiger partial charge >= 0.3 is 6.03 Å². The van der Waals surface area contributed by atoms with E-state index in [-0.39, 0.29) is 18.1 Å². The fourth-order valence-electron chi connectivity index (χ4n) is 2.38. The first-order valence-corrected chi connectivity index (χ1v) is 6.60. The molecule has 0 aliphatic heterocycles. The Morgan fingerprint density at radius 3 is 3.00 bits per heavy atom. The molecule has 0 aromatic heterocycles. The van der Waals surface area contributed by atoms with Crippen LogP contribution in [0.3, 0.4) is 0 Å². The van der Waals surface area contributed by atoms with E-state index in [0.717, 1.165) is 24.8 Å². The molecule has 1 aliphatic carbocycles. The van der Waals surface area contributed by atoms with Crippen LogP contribution in [0.5, 0.6) is 0 Å². The van der Waals surface area contributed by atoms with Crippen molar-refractivity contribution in [1.82, 2.24) is 10.6 Å². The molecule has 0 fully saturated rings. The van der Waals surface area contributed by atoms with Crippen LogP contribution >= 0.6 is 0 Å². The Hall–Kier alpha value is -1.55. The summed E-state index contributed by atoms with van der Waals surface area (Å²) < 4.78 is 0. The van der Waals surface area contributed by atoms with Gasteiger partial charge in [0.05, 0.1) is 6.04 Å². The monoisotopic (exact) mass is 247 g/mol.